The smallest absolute Gasteiger partial charge is 0.335 e. The number of carboxylic acids is 1. The summed E-state index contributed by atoms with van der Waals surface area (Å²) in [6.45, 7) is 9.57. The van der Waals surface area contributed by atoms with Crippen LogP contribution in [-0.2, 0) is 10.0 Å². The average molecular weight is 486 g/mol. The number of hydrogen-bond donors (Lipinski definition) is 2. The van der Waals surface area contributed by atoms with Crippen LogP contribution in [0.5, 0.6) is 0 Å². The predicted molar refractivity (Wildman–Crippen MR) is 136 cm³/mol. The number of sulfonamides is 1. The van der Waals surface area contributed by atoms with Crippen LogP contribution in [0.1, 0.15) is 59.2 Å². The molecule has 2 fully saturated rings. The highest BCUT2D eigenvalue weighted by Gasteiger charge is 2.28. The molecule has 0 radical (unpaired) electrons. The van der Waals surface area contributed by atoms with Gasteiger partial charge < -0.3 is 14.9 Å². The Hall–Kier alpha value is -2.58. The van der Waals surface area contributed by atoms with E-state index in [4.69, 9.17) is 0 Å². The van der Waals surface area contributed by atoms with E-state index in [9.17, 15) is 18.3 Å². The second-order valence-electron chi connectivity index (χ2n) is 9.66. The lowest BCUT2D eigenvalue weighted by Gasteiger charge is -2.41. The molecular formula is C26H35N3O4S. The van der Waals surface area contributed by atoms with Crippen LogP contribution < -0.4 is 9.62 Å². The molecule has 2 aliphatic heterocycles. The van der Waals surface area contributed by atoms with Crippen molar-refractivity contribution >= 4 is 27.4 Å². The number of aromatic carboxylic acids is 1. The first kappa shape index (κ1) is 24.5. The summed E-state index contributed by atoms with van der Waals surface area (Å²) in [6, 6.07) is 8.82. The molecule has 2 saturated heterocycles. The third-order valence-electron chi connectivity index (χ3n) is 7.28. The zero-order valence-electron chi connectivity index (χ0n) is 20.3. The van der Waals surface area contributed by atoms with E-state index in [2.05, 4.69) is 14.5 Å². The fourth-order valence-corrected chi connectivity index (χ4v) is 6.58. The lowest BCUT2D eigenvalue weighted by molar-refractivity contribution is 0.0697. The molecule has 0 unspecified atom stereocenters. The Morgan fingerprint density at radius 1 is 0.912 bits per heavy atom. The van der Waals surface area contributed by atoms with Gasteiger partial charge in [0.2, 0.25) is 0 Å². The number of carboxylic acid groups (broad SMARTS) is 1. The van der Waals surface area contributed by atoms with Crippen molar-refractivity contribution in [3.05, 3.63) is 52.6 Å². The van der Waals surface area contributed by atoms with Gasteiger partial charge in [-0.05, 0) is 100 Å². The number of nitrogens with one attached hydrogen (secondary N) is 1. The number of piperidine rings is 2. The number of anilines is 2. The molecule has 2 heterocycles. The lowest BCUT2D eigenvalue weighted by Crippen LogP contribution is -2.46. The second-order valence-corrected chi connectivity index (χ2v) is 11.3. The molecule has 8 heteroatoms. The molecule has 2 aromatic carbocycles. The minimum absolute atomic E-state index is 0.0569. The van der Waals surface area contributed by atoms with Crippen molar-refractivity contribution in [1.29, 1.82) is 0 Å². The summed E-state index contributed by atoms with van der Waals surface area (Å²) in [4.78, 5) is 16.6. The maximum Gasteiger partial charge on any atom is 0.335 e. The van der Waals surface area contributed by atoms with E-state index in [1.54, 1.807) is 25.1 Å². The molecule has 0 saturated carbocycles. The molecule has 0 aliphatic carbocycles. The zero-order valence-corrected chi connectivity index (χ0v) is 21.1. The van der Waals surface area contributed by atoms with Crippen LogP contribution in [0.3, 0.4) is 0 Å². The summed E-state index contributed by atoms with van der Waals surface area (Å²) in [5.74, 6) is -1.09. The fraction of sp³-hybridized carbons (Fsp3) is 0.500. The van der Waals surface area contributed by atoms with Gasteiger partial charge in [0.15, 0.2) is 0 Å². The van der Waals surface area contributed by atoms with Gasteiger partial charge in [0.05, 0.1) is 21.8 Å². The van der Waals surface area contributed by atoms with Crippen LogP contribution in [0.4, 0.5) is 11.4 Å². The SMILES string of the molecule is Cc1cc(C)c(S(=O)(=O)Nc2cc(C(=O)O)ccc2N2CCC(N3CCCCC3)CC2)cc1C. The maximum absolute atomic E-state index is 13.4. The number of likely N-dealkylation sites (tertiary alicyclic amines) is 1. The topological polar surface area (TPSA) is 89.9 Å². The molecule has 34 heavy (non-hydrogen) atoms. The van der Waals surface area contributed by atoms with E-state index in [0.29, 0.717) is 17.3 Å². The van der Waals surface area contributed by atoms with Crippen LogP contribution in [0.2, 0.25) is 0 Å². The van der Waals surface area contributed by atoms with E-state index in [1.807, 2.05) is 19.9 Å². The van der Waals surface area contributed by atoms with E-state index < -0.39 is 16.0 Å². The lowest BCUT2D eigenvalue weighted by atomic mass is 9.99. The highest BCUT2D eigenvalue weighted by molar-refractivity contribution is 7.92. The first-order valence-corrected chi connectivity index (χ1v) is 13.6. The number of hydrogen-bond acceptors (Lipinski definition) is 5. The molecule has 0 atom stereocenters. The molecule has 0 spiro atoms. The summed E-state index contributed by atoms with van der Waals surface area (Å²) < 4.78 is 29.5. The Morgan fingerprint density at radius 2 is 1.56 bits per heavy atom. The highest BCUT2D eigenvalue weighted by atomic mass is 32.2. The molecule has 0 aromatic heterocycles. The minimum Gasteiger partial charge on any atom is -0.478 e. The Morgan fingerprint density at radius 3 is 2.21 bits per heavy atom. The molecule has 4 rings (SSSR count). The van der Waals surface area contributed by atoms with Crippen molar-refractivity contribution in [2.24, 2.45) is 0 Å². The number of aryl methyl sites for hydroxylation is 3. The van der Waals surface area contributed by atoms with E-state index in [1.165, 1.54) is 38.4 Å². The molecule has 2 N–H and O–H groups in total. The van der Waals surface area contributed by atoms with Crippen molar-refractivity contribution in [1.82, 2.24) is 4.90 Å². The van der Waals surface area contributed by atoms with Gasteiger partial charge in [0.1, 0.15) is 0 Å². The molecule has 2 aliphatic rings. The van der Waals surface area contributed by atoms with Crippen molar-refractivity contribution < 1.29 is 18.3 Å². The minimum atomic E-state index is -3.89. The third kappa shape index (κ3) is 5.23. The molecule has 184 valence electrons. The Labute approximate surface area is 202 Å². The Kier molecular flexibility index (Phi) is 7.19. The van der Waals surface area contributed by atoms with Crippen LogP contribution in [-0.4, -0.2) is 56.6 Å². The van der Waals surface area contributed by atoms with Gasteiger partial charge in [-0.25, -0.2) is 13.2 Å². The highest BCUT2D eigenvalue weighted by Crippen LogP contribution is 2.33. The van der Waals surface area contributed by atoms with Crippen LogP contribution in [0.25, 0.3) is 0 Å². The van der Waals surface area contributed by atoms with Gasteiger partial charge in [-0.2, -0.15) is 0 Å². The van der Waals surface area contributed by atoms with Crippen LogP contribution in [0.15, 0.2) is 35.2 Å². The maximum atomic E-state index is 13.4. The molecule has 0 bridgehead atoms. The van der Waals surface area contributed by atoms with Gasteiger partial charge in [0.25, 0.3) is 10.0 Å². The van der Waals surface area contributed by atoms with Crippen LogP contribution in [0, 0.1) is 20.8 Å². The van der Waals surface area contributed by atoms with Crippen LogP contribution >= 0.6 is 0 Å². The van der Waals surface area contributed by atoms with E-state index >= 15 is 0 Å². The molecule has 2 aromatic rings. The molecule has 7 nitrogen and oxygen atoms in total. The first-order chi connectivity index (χ1) is 16.2. The number of rotatable bonds is 6. The van der Waals surface area contributed by atoms with Crippen molar-refractivity contribution in [3.8, 4) is 0 Å². The fourth-order valence-electron chi connectivity index (χ4n) is 5.21. The number of nitrogens with zero attached hydrogens (tertiary/aromatic N) is 2. The van der Waals surface area contributed by atoms with Crippen molar-refractivity contribution in [2.45, 2.75) is 63.8 Å². The monoisotopic (exact) mass is 485 g/mol. The summed E-state index contributed by atoms with van der Waals surface area (Å²) in [5.41, 5.74) is 3.68. The van der Waals surface area contributed by atoms with Gasteiger partial charge in [-0.1, -0.05) is 12.5 Å². The van der Waals surface area contributed by atoms with Crippen molar-refractivity contribution in [2.75, 3.05) is 35.8 Å². The average Bonchev–Trinajstić information content (AvgIpc) is 2.81. The molecular weight excluding hydrogens is 450 g/mol. The van der Waals surface area contributed by atoms with Gasteiger partial charge in [-0.3, -0.25) is 4.72 Å². The predicted octanol–water partition coefficient (Wildman–Crippen LogP) is 4.57. The van der Waals surface area contributed by atoms with Gasteiger partial charge in [-0.15, -0.1) is 0 Å². The standard InChI is InChI=1S/C26H35N3O4S/c1-18-15-20(3)25(16-19(18)2)34(32,33)27-23-17-21(26(30)31)7-8-24(23)29-13-9-22(10-14-29)28-11-5-4-6-12-28/h7-8,15-17,22,27H,4-6,9-14H2,1-3H3,(H,30,31). The first-order valence-electron chi connectivity index (χ1n) is 12.1. The summed E-state index contributed by atoms with van der Waals surface area (Å²) in [6.07, 6.45) is 5.88. The quantitative estimate of drug-likeness (QED) is 0.623. The van der Waals surface area contributed by atoms with Gasteiger partial charge >= 0.3 is 5.97 Å². The zero-order chi connectivity index (χ0) is 24.5. The Balaban J connectivity index is 1.60. The van der Waals surface area contributed by atoms with E-state index in [-0.39, 0.29) is 10.5 Å². The summed E-state index contributed by atoms with van der Waals surface area (Å²) in [5, 5.41) is 9.52. The number of benzene rings is 2. The number of carbonyl (C=O) groups is 1. The normalized spacial score (nSPS) is 18.1. The van der Waals surface area contributed by atoms with Gasteiger partial charge in [0, 0.05) is 19.1 Å². The van der Waals surface area contributed by atoms with E-state index in [0.717, 1.165) is 42.7 Å². The third-order valence-corrected chi connectivity index (χ3v) is 8.79. The second kappa shape index (κ2) is 9.96. The Bertz CT molecular complexity index is 1160. The summed E-state index contributed by atoms with van der Waals surface area (Å²) >= 11 is 0. The largest absolute Gasteiger partial charge is 0.478 e. The molecule has 0 amide bonds. The summed E-state index contributed by atoms with van der Waals surface area (Å²) in [7, 11) is -3.89. The van der Waals surface area contributed by atoms with Crippen molar-refractivity contribution in [3.63, 3.8) is 0 Å².